The van der Waals surface area contributed by atoms with Crippen LogP contribution >= 0.6 is 0 Å². The lowest BCUT2D eigenvalue weighted by molar-refractivity contribution is -0.137. The summed E-state index contributed by atoms with van der Waals surface area (Å²) in [6.45, 7) is 7.26. The quantitative estimate of drug-likeness (QED) is 0.808. The van der Waals surface area contributed by atoms with E-state index in [0.717, 1.165) is 44.3 Å². The lowest BCUT2D eigenvalue weighted by atomic mass is 9.94. The molecule has 1 saturated heterocycles. The fourth-order valence-corrected chi connectivity index (χ4v) is 3.22. The van der Waals surface area contributed by atoms with Gasteiger partial charge in [-0.15, -0.1) is 0 Å². The molecule has 0 radical (unpaired) electrons. The van der Waals surface area contributed by atoms with Gasteiger partial charge in [-0.3, -0.25) is 9.59 Å². The van der Waals surface area contributed by atoms with Gasteiger partial charge in [0.15, 0.2) is 0 Å². The molecule has 1 aliphatic heterocycles. The highest BCUT2D eigenvalue weighted by Gasteiger charge is 2.30. The van der Waals surface area contributed by atoms with Crippen molar-refractivity contribution in [3.63, 3.8) is 0 Å². The number of piperidine rings is 1. The first-order valence-electron chi connectivity index (χ1n) is 8.80. The van der Waals surface area contributed by atoms with Crippen molar-refractivity contribution in [1.29, 1.82) is 0 Å². The van der Waals surface area contributed by atoms with Crippen LogP contribution in [0.3, 0.4) is 0 Å². The van der Waals surface area contributed by atoms with Gasteiger partial charge in [-0.2, -0.15) is 0 Å². The Morgan fingerprint density at radius 1 is 1.04 bits per heavy atom. The number of likely N-dealkylation sites (tertiary alicyclic amines) is 1. The van der Waals surface area contributed by atoms with Crippen LogP contribution in [0.4, 0.5) is 0 Å². The van der Waals surface area contributed by atoms with Crippen molar-refractivity contribution in [3.8, 4) is 0 Å². The van der Waals surface area contributed by atoms with Crippen LogP contribution < -0.4 is 0 Å². The molecule has 1 aromatic carbocycles. The Balaban J connectivity index is 1.90. The Hall–Kier alpha value is -1.84. The third kappa shape index (κ3) is 4.57. The zero-order chi connectivity index (χ0) is 16.7. The molecule has 2 amide bonds. The van der Waals surface area contributed by atoms with E-state index in [1.165, 1.54) is 0 Å². The second-order valence-corrected chi connectivity index (χ2v) is 6.26. The predicted octanol–water partition coefficient (Wildman–Crippen LogP) is 3.19. The molecule has 1 fully saturated rings. The number of hydrogen-bond donors (Lipinski definition) is 0. The van der Waals surface area contributed by atoms with Gasteiger partial charge in [-0.1, -0.05) is 32.0 Å². The SMILES string of the molecule is CCCN(CCC)C(=O)C1CCN(C(=O)c2ccccc2)CC1. The molecule has 0 atom stereocenters. The first kappa shape index (κ1) is 17.5. The highest BCUT2D eigenvalue weighted by molar-refractivity contribution is 5.94. The predicted molar refractivity (Wildman–Crippen MR) is 92.2 cm³/mol. The van der Waals surface area contributed by atoms with Crippen molar-refractivity contribution >= 4 is 11.8 Å². The molecule has 0 spiro atoms. The lowest BCUT2D eigenvalue weighted by Crippen LogP contribution is -2.44. The Morgan fingerprint density at radius 3 is 2.13 bits per heavy atom. The average molecular weight is 316 g/mol. The Bertz CT molecular complexity index is 501. The van der Waals surface area contributed by atoms with E-state index in [9.17, 15) is 9.59 Å². The van der Waals surface area contributed by atoms with E-state index in [-0.39, 0.29) is 17.7 Å². The monoisotopic (exact) mass is 316 g/mol. The maximum atomic E-state index is 12.6. The molecule has 0 aromatic heterocycles. The molecule has 1 heterocycles. The lowest BCUT2D eigenvalue weighted by Gasteiger charge is -2.34. The van der Waals surface area contributed by atoms with Crippen LogP contribution in [0.1, 0.15) is 49.9 Å². The number of amides is 2. The van der Waals surface area contributed by atoms with Crippen LogP contribution in [0, 0.1) is 5.92 Å². The normalized spacial score (nSPS) is 15.5. The van der Waals surface area contributed by atoms with E-state index in [0.29, 0.717) is 13.1 Å². The van der Waals surface area contributed by atoms with Gasteiger partial charge in [0, 0.05) is 37.7 Å². The topological polar surface area (TPSA) is 40.6 Å². The minimum atomic E-state index is 0.0768. The summed E-state index contributed by atoms with van der Waals surface area (Å²) in [6, 6.07) is 9.39. The molecule has 126 valence electrons. The van der Waals surface area contributed by atoms with Crippen molar-refractivity contribution in [2.75, 3.05) is 26.2 Å². The van der Waals surface area contributed by atoms with E-state index in [4.69, 9.17) is 0 Å². The van der Waals surface area contributed by atoms with Gasteiger partial charge in [0.25, 0.3) is 5.91 Å². The molecule has 0 aliphatic carbocycles. The summed E-state index contributed by atoms with van der Waals surface area (Å²) >= 11 is 0. The highest BCUT2D eigenvalue weighted by Crippen LogP contribution is 2.21. The fourth-order valence-electron chi connectivity index (χ4n) is 3.22. The molecule has 23 heavy (non-hydrogen) atoms. The van der Waals surface area contributed by atoms with Crippen molar-refractivity contribution < 1.29 is 9.59 Å². The van der Waals surface area contributed by atoms with Gasteiger partial charge in [-0.05, 0) is 37.8 Å². The van der Waals surface area contributed by atoms with Gasteiger partial charge in [0.2, 0.25) is 5.91 Å². The molecular weight excluding hydrogens is 288 g/mol. The number of nitrogens with zero attached hydrogens (tertiary/aromatic N) is 2. The number of rotatable bonds is 6. The summed E-state index contributed by atoms with van der Waals surface area (Å²) in [5.74, 6) is 0.434. The van der Waals surface area contributed by atoms with Gasteiger partial charge in [0.05, 0.1) is 0 Å². The van der Waals surface area contributed by atoms with Crippen LogP contribution in [0.15, 0.2) is 30.3 Å². The van der Waals surface area contributed by atoms with Gasteiger partial charge < -0.3 is 9.80 Å². The minimum absolute atomic E-state index is 0.0768. The standard InChI is InChI=1S/C19H28N2O2/c1-3-12-20(13-4-2)19(23)17-10-14-21(15-11-17)18(22)16-8-6-5-7-9-16/h5-9,17H,3-4,10-15H2,1-2H3. The summed E-state index contributed by atoms with van der Waals surface area (Å²) in [4.78, 5) is 29.0. The van der Waals surface area contributed by atoms with Gasteiger partial charge in [-0.25, -0.2) is 0 Å². The first-order valence-corrected chi connectivity index (χ1v) is 8.80. The molecule has 2 rings (SSSR count). The summed E-state index contributed by atoms with van der Waals surface area (Å²) in [5, 5.41) is 0. The Labute approximate surface area is 139 Å². The Kier molecular flexibility index (Phi) is 6.63. The summed E-state index contributed by atoms with van der Waals surface area (Å²) < 4.78 is 0. The van der Waals surface area contributed by atoms with Crippen LogP contribution in [0.25, 0.3) is 0 Å². The van der Waals surface area contributed by atoms with Crippen molar-refractivity contribution in [3.05, 3.63) is 35.9 Å². The van der Waals surface area contributed by atoms with Gasteiger partial charge in [0.1, 0.15) is 0 Å². The minimum Gasteiger partial charge on any atom is -0.342 e. The van der Waals surface area contributed by atoms with Crippen LogP contribution in [-0.4, -0.2) is 47.8 Å². The fraction of sp³-hybridized carbons (Fsp3) is 0.579. The maximum Gasteiger partial charge on any atom is 0.253 e. The third-order valence-electron chi connectivity index (χ3n) is 4.45. The largest absolute Gasteiger partial charge is 0.342 e. The first-order chi connectivity index (χ1) is 11.2. The molecule has 0 saturated carbocycles. The van der Waals surface area contributed by atoms with E-state index < -0.39 is 0 Å². The van der Waals surface area contributed by atoms with E-state index >= 15 is 0 Å². The summed E-state index contributed by atoms with van der Waals surface area (Å²) in [7, 11) is 0. The summed E-state index contributed by atoms with van der Waals surface area (Å²) in [6.07, 6.45) is 3.55. The van der Waals surface area contributed by atoms with E-state index in [2.05, 4.69) is 13.8 Å². The smallest absolute Gasteiger partial charge is 0.253 e. The van der Waals surface area contributed by atoms with Crippen LogP contribution in [0.5, 0.6) is 0 Å². The number of carbonyl (C=O) groups is 2. The molecule has 4 nitrogen and oxygen atoms in total. The third-order valence-corrected chi connectivity index (χ3v) is 4.45. The van der Waals surface area contributed by atoms with Crippen molar-refractivity contribution in [2.45, 2.75) is 39.5 Å². The van der Waals surface area contributed by atoms with E-state index in [1.54, 1.807) is 0 Å². The second-order valence-electron chi connectivity index (χ2n) is 6.26. The van der Waals surface area contributed by atoms with Crippen LogP contribution in [0.2, 0.25) is 0 Å². The highest BCUT2D eigenvalue weighted by atomic mass is 16.2. The van der Waals surface area contributed by atoms with Crippen molar-refractivity contribution in [2.24, 2.45) is 5.92 Å². The molecule has 4 heteroatoms. The molecule has 1 aliphatic rings. The number of carbonyl (C=O) groups excluding carboxylic acids is 2. The number of benzene rings is 1. The van der Waals surface area contributed by atoms with Crippen molar-refractivity contribution in [1.82, 2.24) is 9.80 Å². The summed E-state index contributed by atoms with van der Waals surface area (Å²) in [5.41, 5.74) is 0.732. The molecule has 0 unspecified atom stereocenters. The molecule has 0 N–H and O–H groups in total. The van der Waals surface area contributed by atoms with Gasteiger partial charge >= 0.3 is 0 Å². The maximum absolute atomic E-state index is 12.6. The Morgan fingerprint density at radius 2 is 1.61 bits per heavy atom. The van der Waals surface area contributed by atoms with Crippen LogP contribution in [-0.2, 0) is 4.79 Å². The molecular formula is C19H28N2O2. The molecule has 1 aromatic rings. The average Bonchev–Trinajstić information content (AvgIpc) is 2.61. The van der Waals surface area contributed by atoms with E-state index in [1.807, 2.05) is 40.1 Å². The number of hydrogen-bond acceptors (Lipinski definition) is 2. The second kappa shape index (κ2) is 8.70. The zero-order valence-corrected chi connectivity index (χ0v) is 14.3. The molecule has 0 bridgehead atoms. The zero-order valence-electron chi connectivity index (χ0n) is 14.3.